The molecule has 0 atom stereocenters. The van der Waals surface area contributed by atoms with Gasteiger partial charge in [-0.15, -0.1) is 0 Å². The van der Waals surface area contributed by atoms with E-state index < -0.39 is 0 Å². The molecule has 0 unspecified atom stereocenters. The zero-order valence-electron chi connectivity index (χ0n) is 9.88. The summed E-state index contributed by atoms with van der Waals surface area (Å²) in [5.41, 5.74) is 0. The first-order chi connectivity index (χ1) is 7.31. The smallest absolute Gasteiger partial charge is 0.220 e. The van der Waals surface area contributed by atoms with E-state index in [4.69, 9.17) is 9.47 Å². The third-order valence-electron chi connectivity index (χ3n) is 1.77. The third kappa shape index (κ3) is 11.3. The number of hydrogen-bond acceptors (Lipinski definition) is 3. The minimum Gasteiger partial charge on any atom is -0.379 e. The molecule has 0 rings (SSSR count). The molecule has 0 aromatic rings. The Kier molecular flexibility index (Phi) is 11.0. The van der Waals surface area contributed by atoms with Gasteiger partial charge in [0.1, 0.15) is 0 Å². The van der Waals surface area contributed by atoms with Crippen LogP contribution >= 0.6 is 0 Å². The van der Waals surface area contributed by atoms with Gasteiger partial charge < -0.3 is 14.8 Å². The first kappa shape index (κ1) is 14.4. The van der Waals surface area contributed by atoms with Crippen LogP contribution in [0.15, 0.2) is 0 Å². The third-order valence-corrected chi connectivity index (χ3v) is 1.77. The minimum absolute atomic E-state index is 0.100. The number of carbonyl (C=O) groups excluding carboxylic acids is 1. The topological polar surface area (TPSA) is 47.6 Å². The lowest BCUT2D eigenvalue weighted by molar-refractivity contribution is -0.121. The maximum Gasteiger partial charge on any atom is 0.220 e. The van der Waals surface area contributed by atoms with Gasteiger partial charge in [-0.25, -0.2) is 0 Å². The van der Waals surface area contributed by atoms with Crippen molar-refractivity contribution in [3.8, 4) is 0 Å². The van der Waals surface area contributed by atoms with Crippen LogP contribution in [0.2, 0.25) is 0 Å². The van der Waals surface area contributed by atoms with Crippen LogP contribution in [0.3, 0.4) is 0 Å². The number of rotatable bonds is 10. The summed E-state index contributed by atoms with van der Waals surface area (Å²) in [5, 5.41) is 2.78. The number of hydrogen-bond donors (Lipinski definition) is 1. The molecule has 1 amide bonds. The summed E-state index contributed by atoms with van der Waals surface area (Å²) < 4.78 is 10.5. The molecule has 0 radical (unpaired) electrons. The van der Waals surface area contributed by atoms with E-state index in [2.05, 4.69) is 12.2 Å². The summed E-state index contributed by atoms with van der Waals surface area (Å²) >= 11 is 0. The summed E-state index contributed by atoms with van der Waals surface area (Å²) in [4.78, 5) is 11.0. The predicted molar refractivity (Wildman–Crippen MR) is 59.8 cm³/mol. The molecule has 0 aromatic heterocycles. The Morgan fingerprint density at radius 2 is 1.67 bits per heavy atom. The van der Waals surface area contributed by atoms with Crippen molar-refractivity contribution in [2.24, 2.45) is 0 Å². The highest BCUT2D eigenvalue weighted by molar-refractivity contribution is 5.75. The molecule has 0 aliphatic rings. The van der Waals surface area contributed by atoms with Crippen LogP contribution in [-0.2, 0) is 14.3 Å². The van der Waals surface area contributed by atoms with Crippen molar-refractivity contribution in [3.05, 3.63) is 0 Å². The van der Waals surface area contributed by atoms with Gasteiger partial charge in [0.15, 0.2) is 0 Å². The first-order valence-electron chi connectivity index (χ1n) is 5.73. The van der Waals surface area contributed by atoms with Crippen molar-refractivity contribution in [2.45, 2.75) is 33.1 Å². The summed E-state index contributed by atoms with van der Waals surface area (Å²) in [5.74, 6) is 0.100. The highest BCUT2D eigenvalue weighted by Gasteiger charge is 1.97. The number of carbonyl (C=O) groups is 1. The average Bonchev–Trinajstić information content (AvgIpc) is 2.22. The van der Waals surface area contributed by atoms with Gasteiger partial charge in [-0.2, -0.15) is 0 Å². The van der Waals surface area contributed by atoms with E-state index in [-0.39, 0.29) is 5.91 Å². The van der Waals surface area contributed by atoms with Gasteiger partial charge in [0.2, 0.25) is 5.91 Å². The van der Waals surface area contributed by atoms with E-state index in [0.717, 1.165) is 19.4 Å². The SMILES string of the molecule is CCCOCCOCCNC(=O)CCC. The van der Waals surface area contributed by atoms with E-state index in [1.165, 1.54) is 0 Å². The van der Waals surface area contributed by atoms with Gasteiger partial charge in [0.25, 0.3) is 0 Å². The fourth-order valence-electron chi connectivity index (χ4n) is 1.04. The normalized spacial score (nSPS) is 10.3. The maximum atomic E-state index is 11.0. The lowest BCUT2D eigenvalue weighted by atomic mass is 10.3. The van der Waals surface area contributed by atoms with E-state index >= 15 is 0 Å². The van der Waals surface area contributed by atoms with E-state index in [1.807, 2.05) is 6.92 Å². The highest BCUT2D eigenvalue weighted by Crippen LogP contribution is 1.85. The molecule has 0 aliphatic heterocycles. The van der Waals surface area contributed by atoms with Crippen molar-refractivity contribution in [2.75, 3.05) is 33.0 Å². The lowest BCUT2D eigenvalue weighted by Gasteiger charge is -2.06. The Balaban J connectivity index is 3.01. The number of ether oxygens (including phenoxy) is 2. The highest BCUT2D eigenvalue weighted by atomic mass is 16.5. The quantitative estimate of drug-likeness (QED) is 0.562. The first-order valence-corrected chi connectivity index (χ1v) is 5.73. The summed E-state index contributed by atoms with van der Waals surface area (Å²) in [6.45, 7) is 7.24. The van der Waals surface area contributed by atoms with Gasteiger partial charge in [0.05, 0.1) is 19.8 Å². The monoisotopic (exact) mass is 217 g/mol. The van der Waals surface area contributed by atoms with Crippen molar-refractivity contribution in [1.82, 2.24) is 5.32 Å². The number of amides is 1. The molecule has 0 fully saturated rings. The lowest BCUT2D eigenvalue weighted by Crippen LogP contribution is -2.27. The van der Waals surface area contributed by atoms with Gasteiger partial charge in [-0.3, -0.25) is 4.79 Å². The largest absolute Gasteiger partial charge is 0.379 e. The molecule has 0 aliphatic carbocycles. The van der Waals surface area contributed by atoms with Crippen LogP contribution in [0.5, 0.6) is 0 Å². The molecule has 4 nitrogen and oxygen atoms in total. The summed E-state index contributed by atoms with van der Waals surface area (Å²) in [7, 11) is 0. The average molecular weight is 217 g/mol. The van der Waals surface area contributed by atoms with Crippen LogP contribution < -0.4 is 5.32 Å². The molecular formula is C11H23NO3. The van der Waals surface area contributed by atoms with Crippen molar-refractivity contribution >= 4 is 5.91 Å². The van der Waals surface area contributed by atoms with E-state index in [9.17, 15) is 4.79 Å². The van der Waals surface area contributed by atoms with Crippen LogP contribution in [0, 0.1) is 0 Å². The summed E-state index contributed by atoms with van der Waals surface area (Å²) in [6.07, 6.45) is 2.52. The van der Waals surface area contributed by atoms with Gasteiger partial charge in [-0.05, 0) is 12.8 Å². The molecule has 1 N–H and O–H groups in total. The molecule has 90 valence electrons. The van der Waals surface area contributed by atoms with Crippen LogP contribution in [0.4, 0.5) is 0 Å². The zero-order valence-corrected chi connectivity index (χ0v) is 9.88. The van der Waals surface area contributed by atoms with Gasteiger partial charge in [-0.1, -0.05) is 13.8 Å². The van der Waals surface area contributed by atoms with E-state index in [1.54, 1.807) is 0 Å². The molecule has 0 bridgehead atoms. The molecule has 0 heterocycles. The maximum absolute atomic E-state index is 11.0. The second-order valence-electron chi connectivity index (χ2n) is 3.32. The minimum atomic E-state index is 0.100. The van der Waals surface area contributed by atoms with E-state index in [0.29, 0.717) is 32.8 Å². The summed E-state index contributed by atoms with van der Waals surface area (Å²) in [6, 6.07) is 0. The Labute approximate surface area is 92.3 Å². The van der Waals surface area contributed by atoms with Crippen molar-refractivity contribution in [3.63, 3.8) is 0 Å². The molecule has 4 heteroatoms. The molecule has 0 spiro atoms. The fraction of sp³-hybridized carbons (Fsp3) is 0.909. The second kappa shape index (κ2) is 11.5. The fourth-order valence-corrected chi connectivity index (χ4v) is 1.04. The van der Waals surface area contributed by atoms with Crippen LogP contribution in [0.1, 0.15) is 33.1 Å². The van der Waals surface area contributed by atoms with Crippen molar-refractivity contribution in [1.29, 1.82) is 0 Å². The van der Waals surface area contributed by atoms with Crippen LogP contribution in [-0.4, -0.2) is 38.9 Å². The number of nitrogens with one attached hydrogen (secondary N) is 1. The standard InChI is InChI=1S/C11H23NO3/c1-3-5-11(13)12-6-8-15-10-9-14-7-4-2/h3-10H2,1-2H3,(H,12,13). The van der Waals surface area contributed by atoms with Crippen LogP contribution in [0.25, 0.3) is 0 Å². The Morgan fingerprint density at radius 3 is 2.27 bits per heavy atom. The van der Waals surface area contributed by atoms with Gasteiger partial charge in [0, 0.05) is 19.6 Å². The molecule has 0 aromatic carbocycles. The molecular weight excluding hydrogens is 194 g/mol. The molecule has 0 saturated carbocycles. The zero-order chi connectivity index (χ0) is 11.4. The molecule has 0 saturated heterocycles. The molecule has 15 heavy (non-hydrogen) atoms. The van der Waals surface area contributed by atoms with Crippen molar-refractivity contribution < 1.29 is 14.3 Å². The van der Waals surface area contributed by atoms with Gasteiger partial charge >= 0.3 is 0 Å². The second-order valence-corrected chi connectivity index (χ2v) is 3.32. The predicted octanol–water partition coefficient (Wildman–Crippen LogP) is 1.35. The Bertz CT molecular complexity index is 151. The Hall–Kier alpha value is -0.610. The Morgan fingerprint density at radius 1 is 1.00 bits per heavy atom.